The molecule has 4 nitrogen and oxygen atoms in total. The van der Waals surface area contributed by atoms with E-state index < -0.39 is 71.2 Å². The summed E-state index contributed by atoms with van der Waals surface area (Å²) in [6.45, 7) is -0.398. The van der Waals surface area contributed by atoms with E-state index in [2.05, 4.69) is 0 Å². The van der Waals surface area contributed by atoms with E-state index in [4.69, 9.17) is 23.2 Å². The lowest BCUT2D eigenvalue weighted by atomic mass is 9.77. The Kier molecular flexibility index (Phi) is 6.89. The van der Waals surface area contributed by atoms with Crippen molar-refractivity contribution in [2.24, 2.45) is 5.92 Å². The standard InChI is InChI=1S/C23H19Cl2F7N2O2/c24-13-9-15(17(26)16(25)10-13)21(23(30,31)32)7-8-34(20(21)36)14-5-3-11(4-6-14)18(22(27,28)29)33-19(35)12-1-2-12/h3-6,9-10,12,18,20,36H,1-2,7-8H2,(H,33,35). The summed E-state index contributed by atoms with van der Waals surface area (Å²) in [7, 11) is 0. The van der Waals surface area contributed by atoms with E-state index in [1.807, 2.05) is 5.32 Å². The van der Waals surface area contributed by atoms with Crippen LogP contribution < -0.4 is 10.2 Å². The van der Waals surface area contributed by atoms with Gasteiger partial charge in [0.25, 0.3) is 0 Å². The molecule has 1 amide bonds. The molecule has 4 rings (SSSR count). The molecule has 0 spiro atoms. The summed E-state index contributed by atoms with van der Waals surface area (Å²) in [6, 6.07) is 3.61. The summed E-state index contributed by atoms with van der Waals surface area (Å²) in [6.07, 6.45) is -12.0. The molecule has 2 aliphatic rings. The number of amides is 1. The summed E-state index contributed by atoms with van der Waals surface area (Å²) in [5, 5.41) is 11.9. The molecule has 36 heavy (non-hydrogen) atoms. The van der Waals surface area contributed by atoms with E-state index in [9.17, 15) is 40.6 Å². The van der Waals surface area contributed by atoms with Crippen LogP contribution in [-0.2, 0) is 10.2 Å². The summed E-state index contributed by atoms with van der Waals surface area (Å²) in [5.74, 6) is -2.58. The topological polar surface area (TPSA) is 52.6 Å². The molecule has 3 unspecified atom stereocenters. The van der Waals surface area contributed by atoms with Crippen LogP contribution >= 0.6 is 23.2 Å². The van der Waals surface area contributed by atoms with Gasteiger partial charge in [0.1, 0.15) is 17.5 Å². The van der Waals surface area contributed by atoms with Crippen LogP contribution in [0.3, 0.4) is 0 Å². The summed E-state index contributed by atoms with van der Waals surface area (Å²) < 4.78 is 98.7. The average Bonchev–Trinajstić information content (AvgIpc) is 3.56. The minimum atomic E-state index is -5.13. The van der Waals surface area contributed by atoms with Crippen LogP contribution in [-0.4, -0.2) is 36.1 Å². The Labute approximate surface area is 211 Å². The monoisotopic (exact) mass is 558 g/mol. The molecule has 1 aliphatic carbocycles. The van der Waals surface area contributed by atoms with Gasteiger partial charge < -0.3 is 15.3 Å². The number of carbonyl (C=O) groups excluding carboxylic acids is 1. The van der Waals surface area contributed by atoms with Gasteiger partial charge in [-0.2, -0.15) is 26.3 Å². The molecule has 1 saturated heterocycles. The second-order valence-corrected chi connectivity index (χ2v) is 9.73. The fourth-order valence-electron chi connectivity index (χ4n) is 4.50. The first-order chi connectivity index (χ1) is 16.7. The molecule has 0 radical (unpaired) electrons. The minimum absolute atomic E-state index is 0.0275. The number of benzene rings is 2. The molecule has 2 aromatic rings. The molecule has 1 aliphatic heterocycles. The van der Waals surface area contributed by atoms with Crippen LogP contribution in [0.25, 0.3) is 0 Å². The Balaban J connectivity index is 1.66. The maximum Gasteiger partial charge on any atom is 0.412 e. The average molecular weight is 559 g/mol. The maximum atomic E-state index is 14.8. The van der Waals surface area contributed by atoms with Crippen LogP contribution in [0, 0.1) is 11.7 Å². The highest BCUT2D eigenvalue weighted by molar-refractivity contribution is 6.34. The van der Waals surface area contributed by atoms with Gasteiger partial charge in [-0.3, -0.25) is 4.79 Å². The number of rotatable bonds is 5. The van der Waals surface area contributed by atoms with Crippen LogP contribution in [0.5, 0.6) is 0 Å². The first-order valence-electron chi connectivity index (χ1n) is 10.8. The van der Waals surface area contributed by atoms with Gasteiger partial charge in [0.15, 0.2) is 6.04 Å². The molecular formula is C23H19Cl2F7N2O2. The third kappa shape index (κ3) is 4.72. The molecule has 1 heterocycles. The molecule has 0 bridgehead atoms. The number of carbonyl (C=O) groups is 1. The molecule has 3 atom stereocenters. The van der Waals surface area contributed by atoms with Gasteiger partial charge in [-0.1, -0.05) is 35.3 Å². The highest BCUT2D eigenvalue weighted by Gasteiger charge is 2.66. The molecule has 2 N–H and O–H groups in total. The van der Waals surface area contributed by atoms with Gasteiger partial charge >= 0.3 is 12.4 Å². The van der Waals surface area contributed by atoms with Crippen molar-refractivity contribution >= 4 is 34.8 Å². The summed E-state index contributed by atoms with van der Waals surface area (Å²) in [4.78, 5) is 12.8. The van der Waals surface area contributed by atoms with E-state index in [1.54, 1.807) is 0 Å². The van der Waals surface area contributed by atoms with Crippen molar-refractivity contribution in [3.8, 4) is 0 Å². The SMILES string of the molecule is O=C(NC(c1ccc(N2CCC(c3cc(Cl)cc(Cl)c3F)(C(F)(F)F)C2O)cc1)C(F)(F)F)C1CC1. The van der Waals surface area contributed by atoms with Crippen LogP contribution in [0.1, 0.15) is 36.4 Å². The number of alkyl halides is 6. The van der Waals surface area contributed by atoms with Crippen molar-refractivity contribution in [3.05, 3.63) is 63.4 Å². The zero-order valence-electron chi connectivity index (χ0n) is 18.2. The number of nitrogens with one attached hydrogen (secondary N) is 1. The molecule has 1 saturated carbocycles. The highest BCUT2D eigenvalue weighted by Crippen LogP contribution is 2.53. The minimum Gasteiger partial charge on any atom is -0.372 e. The van der Waals surface area contributed by atoms with E-state index in [0.717, 1.165) is 41.3 Å². The lowest BCUT2D eigenvalue weighted by Gasteiger charge is -2.37. The number of anilines is 1. The van der Waals surface area contributed by atoms with E-state index in [0.29, 0.717) is 12.8 Å². The third-order valence-electron chi connectivity index (χ3n) is 6.58. The number of nitrogens with zero attached hydrogens (tertiary/aromatic N) is 1. The van der Waals surface area contributed by atoms with Gasteiger partial charge in [0.2, 0.25) is 5.91 Å². The largest absolute Gasteiger partial charge is 0.412 e. The van der Waals surface area contributed by atoms with Gasteiger partial charge in [-0.25, -0.2) is 4.39 Å². The van der Waals surface area contributed by atoms with E-state index in [1.165, 1.54) is 0 Å². The van der Waals surface area contributed by atoms with E-state index >= 15 is 0 Å². The van der Waals surface area contributed by atoms with Crippen LogP contribution in [0.4, 0.5) is 36.4 Å². The normalized spacial score (nSPS) is 23.6. The molecule has 196 valence electrons. The lowest BCUT2D eigenvalue weighted by Crippen LogP contribution is -2.53. The Bertz CT molecular complexity index is 1150. The van der Waals surface area contributed by atoms with Gasteiger partial charge in [-0.05, 0) is 49.1 Å². The fourth-order valence-corrected chi connectivity index (χ4v) is 4.99. The van der Waals surface area contributed by atoms with Gasteiger partial charge in [0, 0.05) is 28.7 Å². The van der Waals surface area contributed by atoms with Crippen LogP contribution in [0.15, 0.2) is 36.4 Å². The Hall–Kier alpha value is -2.24. The number of aliphatic hydroxyl groups is 1. The first-order valence-corrected chi connectivity index (χ1v) is 11.6. The number of aliphatic hydroxyl groups excluding tert-OH is 1. The van der Waals surface area contributed by atoms with Crippen molar-refractivity contribution in [2.45, 2.75) is 49.3 Å². The van der Waals surface area contributed by atoms with Gasteiger partial charge in [0.05, 0.1) is 5.02 Å². The zero-order valence-corrected chi connectivity index (χ0v) is 19.7. The number of hydrogen-bond donors (Lipinski definition) is 2. The number of halogens is 9. The molecule has 2 fully saturated rings. The highest BCUT2D eigenvalue weighted by atomic mass is 35.5. The lowest BCUT2D eigenvalue weighted by molar-refractivity contribution is -0.211. The Morgan fingerprint density at radius 2 is 1.69 bits per heavy atom. The van der Waals surface area contributed by atoms with Crippen molar-refractivity contribution in [3.63, 3.8) is 0 Å². The predicted octanol–water partition coefficient (Wildman–Crippen LogP) is 6.29. The Morgan fingerprint density at radius 3 is 2.22 bits per heavy atom. The molecule has 0 aromatic heterocycles. The molecule has 13 heteroatoms. The second kappa shape index (κ2) is 9.25. The number of hydrogen-bond acceptors (Lipinski definition) is 3. The fraction of sp³-hybridized carbons (Fsp3) is 0.435. The van der Waals surface area contributed by atoms with Gasteiger partial charge in [-0.15, -0.1) is 0 Å². The second-order valence-electron chi connectivity index (χ2n) is 8.88. The van der Waals surface area contributed by atoms with Crippen molar-refractivity contribution in [1.82, 2.24) is 5.32 Å². The Morgan fingerprint density at radius 1 is 1.08 bits per heavy atom. The first kappa shape index (κ1) is 26.8. The van der Waals surface area contributed by atoms with Crippen LogP contribution in [0.2, 0.25) is 10.0 Å². The van der Waals surface area contributed by atoms with E-state index in [-0.39, 0.29) is 16.3 Å². The smallest absolute Gasteiger partial charge is 0.372 e. The van der Waals surface area contributed by atoms with Crippen molar-refractivity contribution in [2.75, 3.05) is 11.4 Å². The molecule has 2 aromatic carbocycles. The maximum absolute atomic E-state index is 14.8. The summed E-state index contributed by atoms with van der Waals surface area (Å²) in [5.41, 5.74) is -4.39. The predicted molar refractivity (Wildman–Crippen MR) is 118 cm³/mol. The molecular weight excluding hydrogens is 540 g/mol. The zero-order chi connectivity index (χ0) is 26.6. The summed E-state index contributed by atoms with van der Waals surface area (Å²) >= 11 is 11.5. The third-order valence-corrected chi connectivity index (χ3v) is 7.08. The quantitative estimate of drug-likeness (QED) is 0.335. The van der Waals surface area contributed by atoms with Crippen molar-refractivity contribution in [1.29, 1.82) is 0 Å². The van der Waals surface area contributed by atoms with Crippen molar-refractivity contribution < 1.29 is 40.6 Å².